The Bertz CT molecular complexity index is 253. The number of aromatic nitrogens is 2. The van der Waals surface area contributed by atoms with Gasteiger partial charge in [-0.2, -0.15) is 0 Å². The van der Waals surface area contributed by atoms with E-state index in [4.69, 9.17) is 0 Å². The first-order valence-electron chi connectivity index (χ1n) is 2.07. The second kappa shape index (κ2) is 3.75. The van der Waals surface area contributed by atoms with Gasteiger partial charge in [0.1, 0.15) is 0 Å². The summed E-state index contributed by atoms with van der Waals surface area (Å²) in [5, 5.41) is 0. The van der Waals surface area contributed by atoms with Crippen LogP contribution >= 0.6 is 12.2 Å². The fraction of sp³-hybridized carbons (Fsp3) is 0. The number of aromatic amines is 2. The largest absolute Gasteiger partial charge is 0.339 e. The van der Waals surface area contributed by atoms with Crippen LogP contribution in [0.3, 0.4) is 0 Å². The molecule has 0 saturated carbocycles. The van der Waals surface area contributed by atoms with Gasteiger partial charge in [-0.15, -0.1) is 0 Å². The van der Waals surface area contributed by atoms with E-state index in [0.29, 0.717) is 4.77 Å². The van der Waals surface area contributed by atoms with Gasteiger partial charge < -0.3 is 4.98 Å². The average Bonchev–Trinajstić information content (AvgIpc) is 1.64. The van der Waals surface area contributed by atoms with Crippen LogP contribution in [-0.4, -0.2) is 9.97 Å². The number of rotatable bonds is 0. The smallest absolute Gasteiger partial charge is 0.251 e. The zero-order valence-electron chi connectivity index (χ0n) is 4.29. The molecule has 1 rings (SSSR count). The molecule has 1 aromatic rings. The molecule has 0 radical (unpaired) electrons. The quantitative estimate of drug-likeness (QED) is 0.681. The molecule has 0 bridgehead atoms. The zero-order chi connectivity index (χ0) is 5.98. The molecule has 0 aliphatic carbocycles. The fourth-order valence-corrected chi connectivity index (χ4v) is 0.551. The monoisotopic (exact) mass is 323 g/mol. The third kappa shape index (κ3) is 2.72. The molecule has 0 unspecified atom stereocenters. The van der Waals surface area contributed by atoms with E-state index in [0.717, 1.165) is 0 Å². The maximum Gasteiger partial charge on any atom is 0.251 e. The van der Waals surface area contributed by atoms with Crippen LogP contribution in [0.25, 0.3) is 0 Å². The van der Waals surface area contributed by atoms with Crippen molar-refractivity contribution in [3.8, 4) is 0 Å². The molecule has 0 aromatic carbocycles. The van der Waals surface area contributed by atoms with Crippen LogP contribution in [0.5, 0.6) is 0 Å². The molecule has 3 nitrogen and oxygen atoms in total. The Labute approximate surface area is 70.8 Å². The SMILES string of the molecule is O=c1cc[nH]c(=S)[nH]1.[Pt]. The number of hydrogen-bond donors (Lipinski definition) is 2. The molecule has 0 aliphatic heterocycles. The van der Waals surface area contributed by atoms with Crippen molar-refractivity contribution in [1.82, 2.24) is 9.97 Å². The molecule has 0 spiro atoms. The van der Waals surface area contributed by atoms with Gasteiger partial charge in [0, 0.05) is 33.3 Å². The molecule has 0 saturated heterocycles. The van der Waals surface area contributed by atoms with Crippen LogP contribution < -0.4 is 5.56 Å². The van der Waals surface area contributed by atoms with E-state index in [2.05, 4.69) is 22.2 Å². The van der Waals surface area contributed by atoms with Gasteiger partial charge in [-0.05, 0) is 12.2 Å². The molecule has 9 heavy (non-hydrogen) atoms. The van der Waals surface area contributed by atoms with Crippen molar-refractivity contribution in [2.24, 2.45) is 0 Å². The Morgan fingerprint density at radius 2 is 2.22 bits per heavy atom. The minimum absolute atomic E-state index is 0. The first-order valence-corrected chi connectivity index (χ1v) is 2.48. The summed E-state index contributed by atoms with van der Waals surface area (Å²) in [6.45, 7) is 0. The van der Waals surface area contributed by atoms with E-state index in [9.17, 15) is 4.79 Å². The van der Waals surface area contributed by atoms with Crippen LogP contribution in [0, 0.1) is 4.77 Å². The zero-order valence-corrected chi connectivity index (χ0v) is 7.38. The van der Waals surface area contributed by atoms with Crippen molar-refractivity contribution in [2.75, 3.05) is 0 Å². The van der Waals surface area contributed by atoms with E-state index in [-0.39, 0.29) is 26.6 Å². The minimum atomic E-state index is -0.172. The second-order valence-electron chi connectivity index (χ2n) is 1.30. The summed E-state index contributed by atoms with van der Waals surface area (Å²) in [7, 11) is 0. The number of nitrogens with one attached hydrogen (secondary N) is 2. The van der Waals surface area contributed by atoms with Gasteiger partial charge in [-0.25, -0.2) is 0 Å². The first kappa shape index (κ1) is 8.79. The van der Waals surface area contributed by atoms with Crippen LogP contribution in [-0.2, 0) is 21.1 Å². The molecule has 52 valence electrons. The third-order valence-electron chi connectivity index (χ3n) is 0.686. The molecular formula is C4H4N2OPtS. The van der Waals surface area contributed by atoms with E-state index >= 15 is 0 Å². The second-order valence-corrected chi connectivity index (χ2v) is 1.70. The Hall–Kier alpha value is -0.212. The van der Waals surface area contributed by atoms with Crippen molar-refractivity contribution in [1.29, 1.82) is 0 Å². The summed E-state index contributed by atoms with van der Waals surface area (Å²) in [5.74, 6) is 0. The predicted molar refractivity (Wildman–Crippen MR) is 32.2 cm³/mol. The molecule has 5 heteroatoms. The van der Waals surface area contributed by atoms with Gasteiger partial charge in [0.05, 0.1) is 0 Å². The average molecular weight is 323 g/mol. The van der Waals surface area contributed by atoms with Gasteiger partial charge >= 0.3 is 0 Å². The van der Waals surface area contributed by atoms with E-state index in [1.807, 2.05) is 0 Å². The molecular weight excluding hydrogens is 319 g/mol. The van der Waals surface area contributed by atoms with Gasteiger partial charge in [0.25, 0.3) is 5.56 Å². The number of H-pyrrole nitrogens is 2. The molecule has 1 heterocycles. The van der Waals surface area contributed by atoms with Gasteiger partial charge in [0.15, 0.2) is 4.77 Å². The maximum absolute atomic E-state index is 10.3. The summed E-state index contributed by atoms with van der Waals surface area (Å²) >= 11 is 4.59. The van der Waals surface area contributed by atoms with Gasteiger partial charge in [-0.3, -0.25) is 9.78 Å². The molecule has 0 fully saturated rings. The molecule has 1 aromatic heterocycles. The number of hydrogen-bond acceptors (Lipinski definition) is 2. The van der Waals surface area contributed by atoms with Gasteiger partial charge in [0.2, 0.25) is 0 Å². The summed E-state index contributed by atoms with van der Waals surface area (Å²) < 4.78 is 0.359. The van der Waals surface area contributed by atoms with Crippen molar-refractivity contribution in [3.63, 3.8) is 0 Å². The Kier molecular flexibility index (Phi) is 3.66. The Morgan fingerprint density at radius 3 is 2.56 bits per heavy atom. The van der Waals surface area contributed by atoms with E-state index in [1.54, 1.807) is 0 Å². The van der Waals surface area contributed by atoms with Crippen molar-refractivity contribution < 1.29 is 21.1 Å². The normalized spacial score (nSPS) is 8.00. The standard InChI is InChI=1S/C4H4N2OS.Pt/c7-3-1-2-5-4(8)6-3;/h1-2H,(H2,5,6,7,8);. The molecule has 0 aliphatic rings. The maximum atomic E-state index is 10.3. The van der Waals surface area contributed by atoms with Crippen LogP contribution in [0.4, 0.5) is 0 Å². The Morgan fingerprint density at radius 1 is 1.56 bits per heavy atom. The third-order valence-corrected chi connectivity index (χ3v) is 0.906. The molecule has 0 atom stereocenters. The predicted octanol–water partition coefficient (Wildman–Crippen LogP) is 0.430. The van der Waals surface area contributed by atoms with Crippen LogP contribution in [0.2, 0.25) is 0 Å². The topological polar surface area (TPSA) is 48.6 Å². The minimum Gasteiger partial charge on any atom is -0.339 e. The van der Waals surface area contributed by atoms with Crippen molar-refractivity contribution in [3.05, 3.63) is 27.4 Å². The van der Waals surface area contributed by atoms with Crippen LogP contribution in [0.1, 0.15) is 0 Å². The van der Waals surface area contributed by atoms with E-state index in [1.165, 1.54) is 12.3 Å². The molecule has 0 amide bonds. The molecule has 2 N–H and O–H groups in total. The summed E-state index contributed by atoms with van der Waals surface area (Å²) in [6, 6.07) is 1.37. The first-order chi connectivity index (χ1) is 3.79. The summed E-state index contributed by atoms with van der Waals surface area (Å²) in [6.07, 6.45) is 1.50. The van der Waals surface area contributed by atoms with Crippen molar-refractivity contribution in [2.45, 2.75) is 0 Å². The fourth-order valence-electron chi connectivity index (χ4n) is 0.383. The Balaban J connectivity index is 0.000000640. The van der Waals surface area contributed by atoms with Crippen molar-refractivity contribution >= 4 is 12.2 Å². The van der Waals surface area contributed by atoms with Crippen LogP contribution in [0.15, 0.2) is 17.1 Å². The summed E-state index contributed by atoms with van der Waals surface area (Å²) in [4.78, 5) is 15.4. The summed E-state index contributed by atoms with van der Waals surface area (Å²) in [5.41, 5.74) is -0.172. The van der Waals surface area contributed by atoms with Gasteiger partial charge in [-0.1, -0.05) is 0 Å². The van der Waals surface area contributed by atoms with E-state index < -0.39 is 0 Å².